The first kappa shape index (κ1) is 17.9. The number of ether oxygens (including phenoxy) is 3. The summed E-state index contributed by atoms with van der Waals surface area (Å²) < 4.78 is 15.9. The number of esters is 1. The second-order valence-electron chi connectivity index (χ2n) is 5.02. The fourth-order valence-corrected chi connectivity index (χ4v) is 2.57. The van der Waals surface area contributed by atoms with Crippen LogP contribution in [0.4, 0.5) is 0 Å². The topological polar surface area (TPSA) is 44.8 Å². The summed E-state index contributed by atoms with van der Waals surface area (Å²) in [6.45, 7) is 1.78. The van der Waals surface area contributed by atoms with Gasteiger partial charge in [-0.3, -0.25) is 0 Å². The number of carbonyl (C=O) groups excluding carboxylic acids is 1. The Labute approximate surface area is 146 Å². The molecule has 0 fully saturated rings. The first-order valence-electron chi connectivity index (χ1n) is 7.41. The maximum atomic E-state index is 12.0. The number of para-hydroxylation sites is 1. The largest absolute Gasteiger partial charge is 0.493 e. The summed E-state index contributed by atoms with van der Waals surface area (Å²) in [7, 11) is 3.11. The third-order valence-corrected chi connectivity index (χ3v) is 3.81. The molecule has 24 heavy (non-hydrogen) atoms. The molecule has 0 saturated heterocycles. The molecule has 1 atom stereocenters. The highest BCUT2D eigenvalue weighted by atomic mass is 35.5. The molecule has 0 bridgehead atoms. The van der Waals surface area contributed by atoms with E-state index in [1.807, 2.05) is 30.3 Å². The van der Waals surface area contributed by atoms with E-state index in [-0.39, 0.29) is 0 Å². The highest BCUT2D eigenvalue weighted by molar-refractivity contribution is 6.31. The van der Waals surface area contributed by atoms with Crippen LogP contribution in [0.1, 0.15) is 24.2 Å². The Morgan fingerprint density at radius 2 is 1.83 bits per heavy atom. The lowest BCUT2D eigenvalue weighted by Gasteiger charge is -2.13. The Kier molecular flexibility index (Phi) is 6.27. The van der Waals surface area contributed by atoms with Crippen molar-refractivity contribution in [2.45, 2.75) is 13.0 Å². The normalized spacial score (nSPS) is 12.0. The summed E-state index contributed by atoms with van der Waals surface area (Å²) in [4.78, 5) is 12.0. The molecule has 2 aromatic rings. The molecule has 0 aliphatic rings. The van der Waals surface area contributed by atoms with Crippen molar-refractivity contribution in [3.63, 3.8) is 0 Å². The summed E-state index contributed by atoms with van der Waals surface area (Å²) in [6, 6.07) is 12.7. The molecule has 0 heterocycles. The minimum absolute atomic E-state index is 0.442. The highest BCUT2D eigenvalue weighted by Gasteiger charge is 2.13. The molecule has 2 rings (SSSR count). The number of carbonyl (C=O) groups is 1. The molecule has 5 heteroatoms. The van der Waals surface area contributed by atoms with Crippen LogP contribution in [-0.2, 0) is 9.53 Å². The molecular weight excluding hydrogens is 328 g/mol. The van der Waals surface area contributed by atoms with Crippen LogP contribution in [0.25, 0.3) is 6.08 Å². The molecule has 0 radical (unpaired) electrons. The van der Waals surface area contributed by atoms with E-state index in [0.29, 0.717) is 16.5 Å². The number of hydrogen-bond acceptors (Lipinski definition) is 4. The number of halogens is 1. The molecule has 2 aromatic carbocycles. The van der Waals surface area contributed by atoms with Gasteiger partial charge in [0.25, 0.3) is 0 Å². The summed E-state index contributed by atoms with van der Waals surface area (Å²) in [5.41, 5.74) is 1.49. The van der Waals surface area contributed by atoms with Crippen molar-refractivity contribution in [1.82, 2.24) is 0 Å². The first-order valence-corrected chi connectivity index (χ1v) is 7.78. The number of rotatable bonds is 6. The second kappa shape index (κ2) is 8.41. The van der Waals surface area contributed by atoms with Gasteiger partial charge in [-0.05, 0) is 25.1 Å². The summed E-state index contributed by atoms with van der Waals surface area (Å²) in [6.07, 6.45) is 2.54. The Morgan fingerprint density at radius 3 is 2.50 bits per heavy atom. The lowest BCUT2D eigenvalue weighted by molar-refractivity contribution is -0.142. The van der Waals surface area contributed by atoms with Gasteiger partial charge in [0.1, 0.15) is 6.10 Å². The SMILES string of the molecule is COc1cccc(/C=C/C(=O)O[C@H](C)c2ccccc2Cl)c1OC. The smallest absolute Gasteiger partial charge is 0.331 e. The van der Waals surface area contributed by atoms with Crippen molar-refractivity contribution in [1.29, 1.82) is 0 Å². The zero-order valence-corrected chi connectivity index (χ0v) is 14.5. The van der Waals surface area contributed by atoms with Crippen LogP contribution >= 0.6 is 11.6 Å². The standard InChI is InChI=1S/C19H19ClO4/c1-13(15-8-4-5-9-16(15)20)24-18(21)12-11-14-7-6-10-17(22-2)19(14)23-3/h4-13H,1-3H3/b12-11+/t13-/m1/s1. The van der Waals surface area contributed by atoms with Gasteiger partial charge in [-0.1, -0.05) is 41.9 Å². The van der Waals surface area contributed by atoms with Gasteiger partial charge >= 0.3 is 5.97 Å². The van der Waals surface area contributed by atoms with Gasteiger partial charge in [0.2, 0.25) is 0 Å². The van der Waals surface area contributed by atoms with Gasteiger partial charge in [0, 0.05) is 22.2 Å². The van der Waals surface area contributed by atoms with E-state index in [2.05, 4.69) is 0 Å². The van der Waals surface area contributed by atoms with Gasteiger partial charge in [-0.15, -0.1) is 0 Å². The molecule has 0 N–H and O–H groups in total. The number of methoxy groups -OCH3 is 2. The minimum atomic E-state index is -0.465. The quantitative estimate of drug-likeness (QED) is 0.563. The van der Waals surface area contributed by atoms with Crippen LogP contribution in [0.3, 0.4) is 0 Å². The van der Waals surface area contributed by atoms with Crippen molar-refractivity contribution in [3.8, 4) is 11.5 Å². The van der Waals surface area contributed by atoms with Crippen LogP contribution < -0.4 is 9.47 Å². The van der Waals surface area contributed by atoms with Gasteiger partial charge in [-0.25, -0.2) is 4.79 Å². The zero-order valence-electron chi connectivity index (χ0n) is 13.8. The molecule has 0 aromatic heterocycles. The first-order chi connectivity index (χ1) is 11.6. The lowest BCUT2D eigenvalue weighted by atomic mass is 10.1. The second-order valence-corrected chi connectivity index (χ2v) is 5.42. The zero-order chi connectivity index (χ0) is 17.5. The monoisotopic (exact) mass is 346 g/mol. The average molecular weight is 347 g/mol. The molecule has 0 aliphatic heterocycles. The van der Waals surface area contributed by atoms with Crippen molar-refractivity contribution in [3.05, 3.63) is 64.7 Å². The highest BCUT2D eigenvalue weighted by Crippen LogP contribution is 2.31. The van der Waals surface area contributed by atoms with Crippen LogP contribution in [0, 0.1) is 0 Å². The van der Waals surface area contributed by atoms with Gasteiger partial charge < -0.3 is 14.2 Å². The fraction of sp³-hybridized carbons (Fsp3) is 0.211. The molecule has 0 saturated carbocycles. The molecule has 0 amide bonds. The van der Waals surface area contributed by atoms with Crippen LogP contribution in [0.15, 0.2) is 48.5 Å². The lowest BCUT2D eigenvalue weighted by Crippen LogP contribution is -2.06. The molecule has 0 unspecified atom stereocenters. The maximum Gasteiger partial charge on any atom is 0.331 e. The molecule has 4 nitrogen and oxygen atoms in total. The number of benzene rings is 2. The van der Waals surface area contributed by atoms with Gasteiger partial charge in [0.05, 0.1) is 14.2 Å². The van der Waals surface area contributed by atoms with Crippen molar-refractivity contribution in [2.24, 2.45) is 0 Å². The van der Waals surface area contributed by atoms with Gasteiger partial charge in [-0.2, -0.15) is 0 Å². The molecular formula is C19H19ClO4. The Bertz CT molecular complexity index is 740. The minimum Gasteiger partial charge on any atom is -0.493 e. The van der Waals surface area contributed by atoms with E-state index in [0.717, 1.165) is 11.1 Å². The third-order valence-electron chi connectivity index (χ3n) is 3.47. The predicted molar refractivity (Wildman–Crippen MR) is 94.5 cm³/mol. The average Bonchev–Trinajstić information content (AvgIpc) is 2.59. The summed E-state index contributed by atoms with van der Waals surface area (Å²) >= 11 is 6.11. The van der Waals surface area contributed by atoms with Crippen molar-refractivity contribution >= 4 is 23.6 Å². The fourth-order valence-electron chi connectivity index (χ4n) is 2.28. The van der Waals surface area contributed by atoms with E-state index in [1.54, 1.807) is 39.4 Å². The summed E-state index contributed by atoms with van der Waals surface area (Å²) in [5.74, 6) is 0.688. The molecule has 126 valence electrons. The van der Waals surface area contributed by atoms with Crippen molar-refractivity contribution in [2.75, 3.05) is 14.2 Å². The summed E-state index contributed by atoms with van der Waals surface area (Å²) in [5, 5.41) is 0.566. The molecule has 0 spiro atoms. The predicted octanol–water partition coefficient (Wildman–Crippen LogP) is 4.67. The van der Waals surface area contributed by atoms with Crippen LogP contribution in [-0.4, -0.2) is 20.2 Å². The number of hydrogen-bond donors (Lipinski definition) is 0. The Morgan fingerprint density at radius 1 is 1.08 bits per heavy atom. The maximum absolute atomic E-state index is 12.0. The molecule has 0 aliphatic carbocycles. The van der Waals surface area contributed by atoms with Crippen LogP contribution in [0.2, 0.25) is 5.02 Å². The Hall–Kier alpha value is -2.46. The van der Waals surface area contributed by atoms with E-state index >= 15 is 0 Å². The third kappa shape index (κ3) is 4.30. The van der Waals surface area contributed by atoms with E-state index < -0.39 is 12.1 Å². The van der Waals surface area contributed by atoms with Gasteiger partial charge in [0.15, 0.2) is 11.5 Å². The Balaban J connectivity index is 2.10. The van der Waals surface area contributed by atoms with E-state index in [1.165, 1.54) is 6.08 Å². The van der Waals surface area contributed by atoms with Crippen molar-refractivity contribution < 1.29 is 19.0 Å². The van der Waals surface area contributed by atoms with E-state index in [9.17, 15) is 4.79 Å². The van der Waals surface area contributed by atoms with Crippen LogP contribution in [0.5, 0.6) is 11.5 Å². The van der Waals surface area contributed by atoms with E-state index in [4.69, 9.17) is 25.8 Å².